The summed E-state index contributed by atoms with van der Waals surface area (Å²) in [6, 6.07) is 5.01. The van der Waals surface area contributed by atoms with Crippen LogP contribution in [0.15, 0.2) is 43.0 Å². The van der Waals surface area contributed by atoms with Crippen LogP contribution >= 0.6 is 0 Å². The summed E-state index contributed by atoms with van der Waals surface area (Å²) in [6.07, 6.45) is 0.357. The van der Waals surface area contributed by atoms with E-state index in [0.717, 1.165) is 23.1 Å². The molecule has 3 rings (SSSR count). The number of rotatable bonds is 2. The molecule has 20 heavy (non-hydrogen) atoms. The average molecular weight is 278 g/mol. The van der Waals surface area contributed by atoms with Gasteiger partial charge in [0.2, 0.25) is 0 Å². The van der Waals surface area contributed by atoms with Gasteiger partial charge in [0.15, 0.2) is 5.65 Å². The fourth-order valence-electron chi connectivity index (χ4n) is 1.92. The van der Waals surface area contributed by atoms with Crippen molar-refractivity contribution in [1.82, 2.24) is 19.7 Å². The molecule has 0 spiro atoms. The maximum absolute atomic E-state index is 12.5. The van der Waals surface area contributed by atoms with Gasteiger partial charge in [0, 0.05) is 6.20 Å². The Morgan fingerprint density at radius 1 is 1.05 bits per heavy atom. The molecule has 7 heteroatoms. The van der Waals surface area contributed by atoms with Crippen molar-refractivity contribution in [1.29, 1.82) is 0 Å². The second-order valence-electron chi connectivity index (χ2n) is 4.30. The van der Waals surface area contributed by atoms with Crippen LogP contribution in [0.4, 0.5) is 13.2 Å². The molecule has 0 radical (unpaired) electrons. The van der Waals surface area contributed by atoms with Gasteiger partial charge in [-0.25, -0.2) is 14.6 Å². The van der Waals surface area contributed by atoms with Crippen LogP contribution in [-0.4, -0.2) is 19.7 Å². The van der Waals surface area contributed by atoms with Crippen molar-refractivity contribution in [2.75, 3.05) is 0 Å². The van der Waals surface area contributed by atoms with Gasteiger partial charge in [0.25, 0.3) is 0 Å². The molecule has 0 unspecified atom stereocenters. The van der Waals surface area contributed by atoms with Crippen LogP contribution in [0.5, 0.6) is 0 Å². The number of halogens is 3. The SMILES string of the molecule is FC(F)(F)c1ccc(Cn2ncc3cncnc32)cc1. The summed E-state index contributed by atoms with van der Waals surface area (Å²) in [7, 11) is 0. The molecule has 2 aromatic heterocycles. The van der Waals surface area contributed by atoms with E-state index in [4.69, 9.17) is 0 Å². The Balaban J connectivity index is 1.88. The Morgan fingerprint density at radius 3 is 2.50 bits per heavy atom. The third-order valence-electron chi connectivity index (χ3n) is 2.91. The van der Waals surface area contributed by atoms with E-state index in [0.29, 0.717) is 12.2 Å². The smallest absolute Gasteiger partial charge is 0.244 e. The molecule has 0 amide bonds. The predicted molar refractivity (Wildman–Crippen MR) is 65.9 cm³/mol. The van der Waals surface area contributed by atoms with Crippen molar-refractivity contribution in [3.8, 4) is 0 Å². The first kappa shape index (κ1) is 12.6. The van der Waals surface area contributed by atoms with Crippen LogP contribution in [0.1, 0.15) is 11.1 Å². The number of fused-ring (bicyclic) bond motifs is 1. The molecular formula is C13H9F3N4. The normalized spacial score (nSPS) is 11.9. The molecule has 3 aromatic rings. The second-order valence-corrected chi connectivity index (χ2v) is 4.30. The van der Waals surface area contributed by atoms with Crippen molar-refractivity contribution < 1.29 is 13.2 Å². The van der Waals surface area contributed by atoms with Crippen molar-refractivity contribution in [3.63, 3.8) is 0 Å². The van der Waals surface area contributed by atoms with Gasteiger partial charge in [-0.15, -0.1) is 0 Å². The number of hydrogen-bond acceptors (Lipinski definition) is 3. The summed E-state index contributed by atoms with van der Waals surface area (Å²) >= 11 is 0. The molecule has 1 aromatic carbocycles. The summed E-state index contributed by atoms with van der Waals surface area (Å²) in [5.41, 5.74) is 0.718. The van der Waals surface area contributed by atoms with Crippen LogP contribution in [0, 0.1) is 0 Å². The van der Waals surface area contributed by atoms with Gasteiger partial charge in [0.1, 0.15) is 6.33 Å². The molecule has 0 N–H and O–H groups in total. The van der Waals surface area contributed by atoms with Crippen molar-refractivity contribution >= 4 is 11.0 Å². The van der Waals surface area contributed by atoms with Crippen LogP contribution in [0.25, 0.3) is 11.0 Å². The van der Waals surface area contributed by atoms with E-state index in [1.807, 2.05) is 0 Å². The van der Waals surface area contributed by atoms with Gasteiger partial charge in [0.05, 0.1) is 23.7 Å². The summed E-state index contributed by atoms with van der Waals surface area (Å²) in [6.45, 7) is 0.360. The summed E-state index contributed by atoms with van der Waals surface area (Å²) < 4.78 is 39.0. The fraction of sp³-hybridized carbons (Fsp3) is 0.154. The zero-order valence-electron chi connectivity index (χ0n) is 10.2. The topological polar surface area (TPSA) is 43.6 Å². The molecule has 0 aliphatic heterocycles. The van der Waals surface area contributed by atoms with Crippen LogP contribution in [0.3, 0.4) is 0 Å². The number of nitrogens with zero attached hydrogens (tertiary/aromatic N) is 4. The first-order chi connectivity index (χ1) is 9.54. The lowest BCUT2D eigenvalue weighted by Crippen LogP contribution is -2.06. The Labute approximate surface area is 111 Å². The molecule has 102 valence electrons. The highest BCUT2D eigenvalue weighted by atomic mass is 19.4. The second kappa shape index (κ2) is 4.59. The van der Waals surface area contributed by atoms with E-state index in [-0.39, 0.29) is 0 Å². The Kier molecular flexibility index (Phi) is 2.89. The largest absolute Gasteiger partial charge is 0.416 e. The molecule has 0 aliphatic carbocycles. The average Bonchev–Trinajstić information content (AvgIpc) is 2.82. The van der Waals surface area contributed by atoms with Gasteiger partial charge in [-0.2, -0.15) is 18.3 Å². The third-order valence-corrected chi connectivity index (χ3v) is 2.91. The summed E-state index contributed by atoms with van der Waals surface area (Å²) in [4.78, 5) is 7.99. The number of hydrogen-bond donors (Lipinski definition) is 0. The van der Waals surface area contributed by atoms with E-state index in [1.165, 1.54) is 18.5 Å². The standard InChI is InChI=1S/C13H9F3N4/c14-13(15,16)11-3-1-9(2-4-11)7-20-12-10(6-19-20)5-17-8-18-12/h1-6,8H,7H2. The zero-order chi connectivity index (χ0) is 14.2. The predicted octanol–water partition coefficient (Wildman–Crippen LogP) is 2.89. The quantitative estimate of drug-likeness (QED) is 0.724. The van der Waals surface area contributed by atoms with Gasteiger partial charge in [-0.05, 0) is 17.7 Å². The zero-order valence-corrected chi connectivity index (χ0v) is 10.2. The molecular weight excluding hydrogens is 269 g/mol. The van der Waals surface area contributed by atoms with E-state index in [9.17, 15) is 13.2 Å². The Morgan fingerprint density at radius 2 is 1.80 bits per heavy atom. The monoisotopic (exact) mass is 278 g/mol. The van der Waals surface area contributed by atoms with Crippen LogP contribution in [0.2, 0.25) is 0 Å². The Hall–Kier alpha value is -2.44. The molecule has 2 heterocycles. The first-order valence-corrected chi connectivity index (χ1v) is 5.82. The number of aromatic nitrogens is 4. The lowest BCUT2D eigenvalue weighted by Gasteiger charge is -2.08. The lowest BCUT2D eigenvalue weighted by molar-refractivity contribution is -0.137. The summed E-state index contributed by atoms with van der Waals surface area (Å²) in [5, 5.41) is 4.94. The van der Waals surface area contributed by atoms with Gasteiger partial charge in [-0.1, -0.05) is 12.1 Å². The van der Waals surface area contributed by atoms with Crippen molar-refractivity contribution in [2.24, 2.45) is 0 Å². The Bertz CT molecular complexity index is 731. The number of alkyl halides is 3. The first-order valence-electron chi connectivity index (χ1n) is 5.82. The highest BCUT2D eigenvalue weighted by Crippen LogP contribution is 2.29. The molecule has 0 aliphatic rings. The van der Waals surface area contributed by atoms with Crippen LogP contribution < -0.4 is 0 Å². The van der Waals surface area contributed by atoms with E-state index in [2.05, 4.69) is 15.1 Å². The van der Waals surface area contributed by atoms with E-state index >= 15 is 0 Å². The maximum atomic E-state index is 12.5. The van der Waals surface area contributed by atoms with E-state index < -0.39 is 11.7 Å². The van der Waals surface area contributed by atoms with Crippen LogP contribution in [-0.2, 0) is 12.7 Å². The molecule has 0 bridgehead atoms. The highest BCUT2D eigenvalue weighted by molar-refractivity contribution is 5.72. The molecule has 0 saturated carbocycles. The molecule has 0 saturated heterocycles. The minimum absolute atomic E-state index is 0.360. The van der Waals surface area contributed by atoms with E-state index in [1.54, 1.807) is 17.1 Å². The van der Waals surface area contributed by atoms with Gasteiger partial charge in [-0.3, -0.25) is 0 Å². The fourth-order valence-corrected chi connectivity index (χ4v) is 1.92. The summed E-state index contributed by atoms with van der Waals surface area (Å²) in [5.74, 6) is 0. The minimum atomic E-state index is -4.32. The highest BCUT2D eigenvalue weighted by Gasteiger charge is 2.29. The minimum Gasteiger partial charge on any atom is -0.244 e. The molecule has 0 fully saturated rings. The van der Waals surface area contributed by atoms with Crippen molar-refractivity contribution in [2.45, 2.75) is 12.7 Å². The molecule has 0 atom stereocenters. The third kappa shape index (κ3) is 2.34. The van der Waals surface area contributed by atoms with Gasteiger partial charge >= 0.3 is 6.18 Å². The van der Waals surface area contributed by atoms with Crippen molar-refractivity contribution in [3.05, 3.63) is 54.1 Å². The number of benzene rings is 1. The lowest BCUT2D eigenvalue weighted by atomic mass is 10.1. The molecule has 4 nitrogen and oxygen atoms in total. The van der Waals surface area contributed by atoms with Gasteiger partial charge < -0.3 is 0 Å². The maximum Gasteiger partial charge on any atom is 0.416 e.